The van der Waals surface area contributed by atoms with Crippen molar-refractivity contribution in [2.24, 2.45) is 0 Å². The van der Waals surface area contributed by atoms with E-state index in [2.05, 4.69) is 10.3 Å². The van der Waals surface area contributed by atoms with Gasteiger partial charge in [0.2, 0.25) is 0 Å². The summed E-state index contributed by atoms with van der Waals surface area (Å²) in [7, 11) is 0. The summed E-state index contributed by atoms with van der Waals surface area (Å²) >= 11 is 25.1. The Kier molecular flexibility index (Phi) is 6.21. The maximum atomic E-state index is 13.0. The van der Waals surface area contributed by atoms with E-state index in [4.69, 9.17) is 46.4 Å². The van der Waals surface area contributed by atoms with Crippen LogP contribution in [0.5, 0.6) is 0 Å². The average molecular weight is 493 g/mol. The first-order chi connectivity index (χ1) is 14.8. The highest BCUT2D eigenvalue weighted by atomic mass is 35.5. The number of fused-ring (bicyclic) bond motifs is 1. The van der Waals surface area contributed by atoms with Crippen LogP contribution < -0.4 is 5.32 Å². The minimum absolute atomic E-state index is 0.0534. The SMILES string of the molecule is O=C(Nc1ccccn1)C(=O)c1c(Cl)n(Cc2ccc(Cl)cc2Cl)c2ccc(Cl)cc12. The number of carbonyl (C=O) groups is 2. The predicted molar refractivity (Wildman–Crippen MR) is 125 cm³/mol. The molecule has 0 atom stereocenters. The zero-order valence-electron chi connectivity index (χ0n) is 15.7. The smallest absolute Gasteiger partial charge is 0.298 e. The Bertz CT molecular complexity index is 1320. The number of halogens is 4. The second kappa shape index (κ2) is 8.89. The maximum Gasteiger partial charge on any atom is 0.298 e. The summed E-state index contributed by atoms with van der Waals surface area (Å²) in [5, 5.41) is 4.42. The van der Waals surface area contributed by atoms with E-state index in [0.29, 0.717) is 26.0 Å². The molecule has 0 aliphatic heterocycles. The summed E-state index contributed by atoms with van der Waals surface area (Å²) in [5.41, 5.74) is 1.43. The van der Waals surface area contributed by atoms with Gasteiger partial charge < -0.3 is 9.88 Å². The molecule has 0 saturated heterocycles. The van der Waals surface area contributed by atoms with Gasteiger partial charge in [-0.2, -0.15) is 0 Å². The molecule has 0 fully saturated rings. The van der Waals surface area contributed by atoms with Gasteiger partial charge in [0.15, 0.2) is 0 Å². The van der Waals surface area contributed by atoms with Crippen LogP contribution >= 0.6 is 46.4 Å². The van der Waals surface area contributed by atoms with Crippen LogP contribution in [-0.4, -0.2) is 21.2 Å². The fourth-order valence-corrected chi connectivity index (χ4v) is 4.19. The van der Waals surface area contributed by atoms with Crippen molar-refractivity contribution in [3.63, 3.8) is 0 Å². The molecular formula is C22H13Cl4N3O2. The molecule has 1 N–H and O–H groups in total. The number of hydrogen-bond donors (Lipinski definition) is 1. The van der Waals surface area contributed by atoms with E-state index in [1.165, 1.54) is 6.20 Å². The number of hydrogen-bond acceptors (Lipinski definition) is 3. The molecule has 5 nitrogen and oxygen atoms in total. The average Bonchev–Trinajstić information content (AvgIpc) is 3.00. The Morgan fingerprint density at radius 2 is 1.68 bits per heavy atom. The van der Waals surface area contributed by atoms with Crippen molar-refractivity contribution in [2.75, 3.05) is 5.32 Å². The third-order valence-electron chi connectivity index (χ3n) is 4.65. The van der Waals surface area contributed by atoms with Crippen LogP contribution in [0.25, 0.3) is 10.9 Å². The summed E-state index contributed by atoms with van der Waals surface area (Å²) in [6.45, 7) is 0.266. The molecule has 1 amide bonds. The molecule has 31 heavy (non-hydrogen) atoms. The van der Waals surface area contributed by atoms with Gasteiger partial charge in [-0.1, -0.05) is 58.5 Å². The second-order valence-electron chi connectivity index (χ2n) is 6.65. The highest BCUT2D eigenvalue weighted by Gasteiger charge is 2.27. The van der Waals surface area contributed by atoms with Gasteiger partial charge in [-0.15, -0.1) is 0 Å². The van der Waals surface area contributed by atoms with E-state index >= 15 is 0 Å². The first-order valence-corrected chi connectivity index (χ1v) is 10.5. The van der Waals surface area contributed by atoms with Crippen LogP contribution in [0, 0.1) is 0 Å². The van der Waals surface area contributed by atoms with Crippen molar-refractivity contribution in [3.8, 4) is 0 Å². The summed E-state index contributed by atoms with van der Waals surface area (Å²) in [4.78, 5) is 29.7. The number of nitrogens with one attached hydrogen (secondary N) is 1. The minimum Gasteiger partial charge on any atom is -0.326 e. The summed E-state index contributed by atoms with van der Waals surface area (Å²) < 4.78 is 1.70. The molecule has 9 heteroatoms. The van der Waals surface area contributed by atoms with Crippen molar-refractivity contribution in [3.05, 3.63) is 92.1 Å². The van der Waals surface area contributed by atoms with Crippen LogP contribution in [-0.2, 0) is 11.3 Å². The van der Waals surface area contributed by atoms with Crippen molar-refractivity contribution in [1.82, 2.24) is 9.55 Å². The van der Waals surface area contributed by atoms with Crippen molar-refractivity contribution in [2.45, 2.75) is 6.54 Å². The molecule has 0 aliphatic rings. The summed E-state index contributed by atoms with van der Waals surface area (Å²) in [5.74, 6) is -1.40. The van der Waals surface area contributed by atoms with E-state index < -0.39 is 11.7 Å². The van der Waals surface area contributed by atoms with Gasteiger partial charge in [0.1, 0.15) is 11.0 Å². The zero-order chi connectivity index (χ0) is 22.1. The number of amides is 1. The van der Waals surface area contributed by atoms with E-state index in [1.807, 2.05) is 0 Å². The molecule has 0 unspecified atom stereocenters. The highest BCUT2D eigenvalue weighted by Crippen LogP contribution is 2.34. The molecular weight excluding hydrogens is 480 g/mol. The molecule has 0 aliphatic carbocycles. The number of pyridine rings is 1. The van der Waals surface area contributed by atoms with Crippen LogP contribution in [0.15, 0.2) is 60.8 Å². The van der Waals surface area contributed by atoms with Gasteiger partial charge in [-0.05, 0) is 48.0 Å². The van der Waals surface area contributed by atoms with Gasteiger partial charge in [0.05, 0.1) is 17.6 Å². The van der Waals surface area contributed by atoms with E-state index in [-0.39, 0.29) is 23.1 Å². The largest absolute Gasteiger partial charge is 0.326 e. The zero-order valence-corrected chi connectivity index (χ0v) is 18.7. The lowest BCUT2D eigenvalue weighted by Gasteiger charge is -2.10. The number of nitrogens with zero attached hydrogens (tertiary/aromatic N) is 2. The number of Topliss-reactive ketones (excluding diaryl/α,β-unsaturated/α-hetero) is 1. The molecule has 4 rings (SSSR count). The lowest BCUT2D eigenvalue weighted by molar-refractivity contribution is -0.112. The molecule has 156 valence electrons. The van der Waals surface area contributed by atoms with E-state index in [1.54, 1.807) is 59.2 Å². The predicted octanol–water partition coefficient (Wildman–Crippen LogP) is 6.52. The summed E-state index contributed by atoms with van der Waals surface area (Å²) in [6, 6.07) is 15.1. The second-order valence-corrected chi connectivity index (χ2v) is 8.29. The third kappa shape index (κ3) is 4.41. The van der Waals surface area contributed by atoms with Crippen LogP contribution in [0.4, 0.5) is 5.82 Å². The Labute approximate surface area is 197 Å². The molecule has 0 saturated carbocycles. The fourth-order valence-electron chi connectivity index (χ4n) is 3.21. The molecule has 0 radical (unpaired) electrons. The van der Waals surface area contributed by atoms with Gasteiger partial charge in [0, 0.05) is 26.7 Å². The minimum atomic E-state index is -0.857. The van der Waals surface area contributed by atoms with Crippen molar-refractivity contribution >= 4 is 74.8 Å². The monoisotopic (exact) mass is 491 g/mol. The van der Waals surface area contributed by atoms with Crippen LogP contribution in [0.1, 0.15) is 15.9 Å². The number of rotatable bonds is 5. The first kappa shape index (κ1) is 21.7. The number of benzene rings is 2. The molecule has 2 heterocycles. The van der Waals surface area contributed by atoms with Gasteiger partial charge in [-0.3, -0.25) is 9.59 Å². The Morgan fingerprint density at radius 3 is 2.39 bits per heavy atom. The maximum absolute atomic E-state index is 13.0. The van der Waals surface area contributed by atoms with E-state index in [9.17, 15) is 9.59 Å². The topological polar surface area (TPSA) is 64.0 Å². The molecule has 0 bridgehead atoms. The van der Waals surface area contributed by atoms with Crippen molar-refractivity contribution in [1.29, 1.82) is 0 Å². The van der Waals surface area contributed by atoms with E-state index in [0.717, 1.165) is 5.56 Å². The Balaban J connectivity index is 1.78. The molecule has 2 aromatic heterocycles. The molecule has 2 aromatic carbocycles. The van der Waals surface area contributed by atoms with Crippen molar-refractivity contribution < 1.29 is 9.59 Å². The standard InChI is InChI=1S/C22H13Cl4N3O2/c23-13-6-7-17-15(9-13)19(20(30)22(31)28-18-3-1-2-8-27-18)21(26)29(17)11-12-4-5-14(24)10-16(12)25/h1-10H,11H2,(H,27,28,31). The quantitative estimate of drug-likeness (QED) is 0.255. The number of anilines is 1. The van der Waals surface area contributed by atoms with Gasteiger partial charge in [0.25, 0.3) is 11.7 Å². The Morgan fingerprint density at radius 1 is 0.935 bits per heavy atom. The number of carbonyl (C=O) groups excluding carboxylic acids is 2. The van der Waals surface area contributed by atoms with Crippen LogP contribution in [0.2, 0.25) is 20.2 Å². The number of aromatic nitrogens is 2. The Hall–Kier alpha value is -2.57. The highest BCUT2D eigenvalue weighted by molar-refractivity contribution is 6.52. The third-order valence-corrected chi connectivity index (χ3v) is 5.86. The lowest BCUT2D eigenvalue weighted by Crippen LogP contribution is -2.23. The normalized spacial score (nSPS) is 11.0. The number of ketones is 1. The van der Waals surface area contributed by atoms with Gasteiger partial charge >= 0.3 is 0 Å². The molecule has 4 aromatic rings. The lowest BCUT2D eigenvalue weighted by atomic mass is 10.1. The molecule has 0 spiro atoms. The van der Waals surface area contributed by atoms with Crippen LogP contribution in [0.3, 0.4) is 0 Å². The first-order valence-electron chi connectivity index (χ1n) is 9.03. The summed E-state index contributed by atoms with van der Waals surface area (Å²) in [6.07, 6.45) is 1.51. The van der Waals surface area contributed by atoms with Gasteiger partial charge in [-0.25, -0.2) is 4.98 Å². The fraction of sp³-hybridized carbons (Fsp3) is 0.0455.